The molecule has 1 aromatic carbocycles. The summed E-state index contributed by atoms with van der Waals surface area (Å²) in [6.07, 6.45) is 0.241. The third kappa shape index (κ3) is 3.48. The summed E-state index contributed by atoms with van der Waals surface area (Å²) in [6, 6.07) is 8.05. The highest BCUT2D eigenvalue weighted by atomic mass is 79.9. The average Bonchev–Trinajstić information content (AvgIpc) is 2.30. The van der Waals surface area contributed by atoms with Crippen LogP contribution in [0.2, 0.25) is 0 Å². The van der Waals surface area contributed by atoms with Gasteiger partial charge in [-0.05, 0) is 17.7 Å². The first-order valence-corrected chi connectivity index (χ1v) is 7.32. The third-order valence-electron chi connectivity index (χ3n) is 2.60. The summed E-state index contributed by atoms with van der Waals surface area (Å²) in [5.74, 6) is 1.94. The molecule has 2 atom stereocenters. The van der Waals surface area contributed by atoms with Crippen molar-refractivity contribution in [2.24, 2.45) is 0 Å². The van der Waals surface area contributed by atoms with E-state index in [0.717, 1.165) is 28.1 Å². The molecule has 1 fully saturated rings. The highest BCUT2D eigenvalue weighted by Gasteiger charge is 2.22. The normalized spacial score (nSPS) is 23.0. The second kappa shape index (κ2) is 6.05. The predicted molar refractivity (Wildman–Crippen MR) is 70.9 cm³/mol. The van der Waals surface area contributed by atoms with E-state index >= 15 is 0 Å². The maximum absolute atomic E-state index is 10.1. The topological polar surface area (TPSA) is 29.5 Å². The number of thioether (sulfide) groups is 1. The zero-order valence-corrected chi connectivity index (χ0v) is 11.3. The Bertz CT molecular complexity index is 340. The number of rotatable bonds is 3. The monoisotopic (exact) mass is 302 g/mol. The Kier molecular flexibility index (Phi) is 4.70. The fourth-order valence-corrected chi connectivity index (χ4v) is 3.14. The van der Waals surface area contributed by atoms with E-state index in [1.54, 1.807) is 0 Å². The molecular formula is C12H15BrO2S. The summed E-state index contributed by atoms with van der Waals surface area (Å²) in [7, 11) is 0. The summed E-state index contributed by atoms with van der Waals surface area (Å²) in [5.41, 5.74) is 1.14. The Hall–Kier alpha value is -0.0300. The number of benzene rings is 1. The molecule has 0 saturated carbocycles. The summed E-state index contributed by atoms with van der Waals surface area (Å²) in [5, 5.41) is 10.1. The van der Waals surface area contributed by atoms with Crippen molar-refractivity contribution in [2.45, 2.75) is 18.6 Å². The van der Waals surface area contributed by atoms with E-state index in [9.17, 15) is 5.11 Å². The van der Waals surface area contributed by atoms with E-state index in [0.29, 0.717) is 6.42 Å². The molecule has 16 heavy (non-hydrogen) atoms. The number of hydrogen-bond acceptors (Lipinski definition) is 3. The molecule has 1 aliphatic rings. The van der Waals surface area contributed by atoms with Crippen molar-refractivity contribution in [1.82, 2.24) is 0 Å². The smallest absolute Gasteiger partial charge is 0.0927 e. The number of aliphatic hydroxyl groups excluding tert-OH is 1. The van der Waals surface area contributed by atoms with Crippen molar-refractivity contribution in [3.8, 4) is 0 Å². The Morgan fingerprint density at radius 3 is 3.12 bits per heavy atom. The number of aliphatic hydroxyl groups is 1. The first-order chi connectivity index (χ1) is 7.75. The van der Waals surface area contributed by atoms with Crippen LogP contribution in [-0.4, -0.2) is 35.4 Å². The van der Waals surface area contributed by atoms with Gasteiger partial charge in [0.2, 0.25) is 0 Å². The fraction of sp³-hybridized carbons (Fsp3) is 0.500. The summed E-state index contributed by atoms with van der Waals surface area (Å²) < 4.78 is 6.61. The minimum absolute atomic E-state index is 0.0160. The van der Waals surface area contributed by atoms with Gasteiger partial charge in [0.25, 0.3) is 0 Å². The molecule has 1 heterocycles. The molecule has 88 valence electrons. The van der Waals surface area contributed by atoms with Crippen molar-refractivity contribution in [3.05, 3.63) is 34.3 Å². The van der Waals surface area contributed by atoms with Crippen LogP contribution in [0.5, 0.6) is 0 Å². The molecule has 0 radical (unpaired) electrons. The quantitative estimate of drug-likeness (QED) is 0.930. The van der Waals surface area contributed by atoms with E-state index in [4.69, 9.17) is 4.74 Å². The lowest BCUT2D eigenvalue weighted by Gasteiger charge is -2.26. The van der Waals surface area contributed by atoms with Crippen LogP contribution in [0.25, 0.3) is 0 Å². The Morgan fingerprint density at radius 1 is 1.56 bits per heavy atom. The van der Waals surface area contributed by atoms with E-state index in [1.807, 2.05) is 36.0 Å². The third-order valence-corrected chi connectivity index (χ3v) is 4.12. The first-order valence-electron chi connectivity index (χ1n) is 5.37. The summed E-state index contributed by atoms with van der Waals surface area (Å²) in [6.45, 7) is 0.755. The molecule has 0 bridgehead atoms. The molecule has 1 aromatic rings. The zero-order valence-electron chi connectivity index (χ0n) is 8.93. The molecule has 2 unspecified atom stereocenters. The van der Waals surface area contributed by atoms with Crippen LogP contribution in [0.1, 0.15) is 5.56 Å². The highest BCUT2D eigenvalue weighted by Crippen LogP contribution is 2.19. The minimum Gasteiger partial charge on any atom is -0.390 e. The number of ether oxygens (including phenoxy) is 1. The van der Waals surface area contributed by atoms with Gasteiger partial charge >= 0.3 is 0 Å². The molecule has 1 N–H and O–H groups in total. The zero-order chi connectivity index (χ0) is 11.4. The lowest BCUT2D eigenvalue weighted by atomic mass is 10.0. The van der Waals surface area contributed by atoms with Gasteiger partial charge in [-0.15, -0.1) is 0 Å². The van der Waals surface area contributed by atoms with Crippen molar-refractivity contribution in [2.75, 3.05) is 18.1 Å². The molecule has 0 spiro atoms. The van der Waals surface area contributed by atoms with Crippen LogP contribution in [0.15, 0.2) is 28.7 Å². The summed E-state index contributed by atoms with van der Waals surface area (Å²) >= 11 is 5.28. The predicted octanol–water partition coefficient (Wildman–Crippen LogP) is 2.48. The second-order valence-electron chi connectivity index (χ2n) is 3.89. The maximum atomic E-state index is 10.1. The lowest BCUT2D eigenvalue weighted by Crippen LogP contribution is -2.36. The van der Waals surface area contributed by atoms with Gasteiger partial charge in [-0.1, -0.05) is 28.1 Å². The van der Waals surface area contributed by atoms with Gasteiger partial charge in [0.1, 0.15) is 0 Å². The molecule has 0 aliphatic carbocycles. The van der Waals surface area contributed by atoms with Crippen LogP contribution >= 0.6 is 27.7 Å². The minimum atomic E-state index is -0.401. The van der Waals surface area contributed by atoms with Crippen molar-refractivity contribution >= 4 is 27.7 Å². The second-order valence-corrected chi connectivity index (χ2v) is 5.95. The molecule has 2 nitrogen and oxygen atoms in total. The van der Waals surface area contributed by atoms with Crippen LogP contribution in [0, 0.1) is 0 Å². The molecule has 0 amide bonds. The van der Waals surface area contributed by atoms with Crippen LogP contribution in [0.3, 0.4) is 0 Å². The molecule has 0 aromatic heterocycles. The van der Waals surface area contributed by atoms with Gasteiger partial charge in [-0.2, -0.15) is 11.8 Å². The van der Waals surface area contributed by atoms with E-state index < -0.39 is 6.10 Å². The van der Waals surface area contributed by atoms with Gasteiger partial charge in [-0.25, -0.2) is 0 Å². The van der Waals surface area contributed by atoms with Crippen molar-refractivity contribution in [1.29, 1.82) is 0 Å². The standard InChI is InChI=1S/C12H15BrO2S/c13-10-3-1-2-9(6-10)7-11(14)12-8-16-5-4-15-12/h1-3,6,11-12,14H,4-5,7-8H2. The molecule has 1 aliphatic heterocycles. The van der Waals surface area contributed by atoms with Crippen LogP contribution < -0.4 is 0 Å². The number of hydrogen-bond donors (Lipinski definition) is 1. The largest absolute Gasteiger partial charge is 0.390 e. The van der Waals surface area contributed by atoms with E-state index in [1.165, 1.54) is 0 Å². The fourth-order valence-electron chi connectivity index (χ4n) is 1.77. The number of halogens is 1. The van der Waals surface area contributed by atoms with Crippen molar-refractivity contribution in [3.63, 3.8) is 0 Å². The Labute approximate surface area is 109 Å². The highest BCUT2D eigenvalue weighted by molar-refractivity contribution is 9.10. The molecular weight excluding hydrogens is 288 g/mol. The average molecular weight is 303 g/mol. The molecule has 2 rings (SSSR count). The summed E-state index contributed by atoms with van der Waals surface area (Å²) in [4.78, 5) is 0. The molecule has 1 saturated heterocycles. The maximum Gasteiger partial charge on any atom is 0.0927 e. The van der Waals surface area contributed by atoms with E-state index in [2.05, 4.69) is 15.9 Å². The van der Waals surface area contributed by atoms with E-state index in [-0.39, 0.29) is 6.10 Å². The Balaban J connectivity index is 1.93. The van der Waals surface area contributed by atoms with Crippen molar-refractivity contribution < 1.29 is 9.84 Å². The molecule has 4 heteroatoms. The van der Waals surface area contributed by atoms with Gasteiger partial charge in [-0.3, -0.25) is 0 Å². The van der Waals surface area contributed by atoms with Gasteiger partial charge < -0.3 is 9.84 Å². The van der Waals surface area contributed by atoms with Crippen LogP contribution in [-0.2, 0) is 11.2 Å². The van der Waals surface area contributed by atoms with Gasteiger partial charge in [0.05, 0.1) is 18.8 Å². The van der Waals surface area contributed by atoms with Crippen LogP contribution in [0.4, 0.5) is 0 Å². The first kappa shape index (κ1) is 12.4. The van der Waals surface area contributed by atoms with Gasteiger partial charge in [0.15, 0.2) is 0 Å². The SMILES string of the molecule is OC(Cc1cccc(Br)c1)C1CSCCO1. The Morgan fingerprint density at radius 2 is 2.44 bits per heavy atom. The van der Waals surface area contributed by atoms with Gasteiger partial charge in [0, 0.05) is 22.4 Å². The lowest BCUT2D eigenvalue weighted by molar-refractivity contribution is -0.0207.